The van der Waals surface area contributed by atoms with E-state index >= 15 is 0 Å². The van der Waals surface area contributed by atoms with Gasteiger partial charge in [0, 0.05) is 11.6 Å². The van der Waals surface area contributed by atoms with E-state index in [1.807, 2.05) is 17.0 Å². The Hall–Kier alpha value is -1.31. The summed E-state index contributed by atoms with van der Waals surface area (Å²) < 4.78 is 0. The summed E-state index contributed by atoms with van der Waals surface area (Å²) >= 11 is 0. The average Bonchev–Trinajstić information content (AvgIpc) is 2.35. The van der Waals surface area contributed by atoms with Crippen LogP contribution in [0.2, 0.25) is 0 Å². The van der Waals surface area contributed by atoms with E-state index in [1.54, 1.807) is 0 Å². The molecular formula is C14H19NO. The zero-order valence-corrected chi connectivity index (χ0v) is 10.7. The van der Waals surface area contributed by atoms with Crippen molar-refractivity contribution in [3.05, 3.63) is 34.9 Å². The van der Waals surface area contributed by atoms with E-state index < -0.39 is 0 Å². The fraction of sp³-hybridized carbons (Fsp3) is 0.500. The first kappa shape index (κ1) is 11.2. The molecule has 0 bridgehead atoms. The van der Waals surface area contributed by atoms with E-state index in [2.05, 4.69) is 40.7 Å². The van der Waals surface area contributed by atoms with E-state index in [0.29, 0.717) is 0 Å². The Morgan fingerprint density at radius 3 is 2.38 bits per heavy atom. The minimum absolute atomic E-state index is 0.165. The van der Waals surface area contributed by atoms with E-state index in [4.69, 9.17) is 0 Å². The molecule has 2 heteroatoms. The van der Waals surface area contributed by atoms with Gasteiger partial charge in [0.25, 0.3) is 5.91 Å². The SMILES string of the molecule is Cc1cccc2c1C(C)(C)N(C(C)C)C2=O. The van der Waals surface area contributed by atoms with Crippen molar-refractivity contribution in [1.29, 1.82) is 0 Å². The highest BCUT2D eigenvalue weighted by Gasteiger charge is 2.44. The summed E-state index contributed by atoms with van der Waals surface area (Å²) in [4.78, 5) is 14.3. The van der Waals surface area contributed by atoms with Gasteiger partial charge in [0.05, 0.1) is 5.54 Å². The standard InChI is InChI=1S/C14H19NO/c1-9(2)15-13(16)11-8-6-7-10(3)12(11)14(15,4)5/h6-9H,1-5H3. The first-order valence-corrected chi connectivity index (χ1v) is 5.81. The Bertz CT molecular complexity index is 446. The second kappa shape index (κ2) is 3.34. The first-order chi connectivity index (χ1) is 7.37. The second-order valence-corrected chi connectivity index (χ2v) is 5.33. The molecule has 0 spiro atoms. The fourth-order valence-corrected chi connectivity index (χ4v) is 3.04. The maximum atomic E-state index is 12.3. The van der Waals surface area contributed by atoms with E-state index in [1.165, 1.54) is 11.1 Å². The topological polar surface area (TPSA) is 20.3 Å². The lowest BCUT2D eigenvalue weighted by Crippen LogP contribution is -2.43. The number of carbonyl (C=O) groups is 1. The summed E-state index contributed by atoms with van der Waals surface area (Å²) in [5, 5.41) is 0. The van der Waals surface area contributed by atoms with Gasteiger partial charge in [-0.3, -0.25) is 4.79 Å². The summed E-state index contributed by atoms with van der Waals surface area (Å²) in [5.74, 6) is 0.165. The number of carbonyl (C=O) groups excluding carboxylic acids is 1. The molecule has 0 fully saturated rings. The molecule has 0 aromatic heterocycles. The van der Waals surface area contributed by atoms with Crippen molar-refractivity contribution in [3.8, 4) is 0 Å². The largest absolute Gasteiger partial charge is 0.327 e. The average molecular weight is 217 g/mol. The van der Waals surface area contributed by atoms with Crippen LogP contribution < -0.4 is 0 Å². The van der Waals surface area contributed by atoms with Gasteiger partial charge in [-0.1, -0.05) is 12.1 Å². The van der Waals surface area contributed by atoms with Crippen LogP contribution in [-0.2, 0) is 5.54 Å². The molecule has 1 aliphatic heterocycles. The number of nitrogens with zero attached hydrogens (tertiary/aromatic N) is 1. The van der Waals surface area contributed by atoms with Crippen molar-refractivity contribution in [2.24, 2.45) is 0 Å². The van der Waals surface area contributed by atoms with Gasteiger partial charge in [-0.15, -0.1) is 0 Å². The lowest BCUT2D eigenvalue weighted by molar-refractivity contribution is 0.0525. The van der Waals surface area contributed by atoms with Gasteiger partial charge in [0.1, 0.15) is 0 Å². The Morgan fingerprint density at radius 2 is 1.88 bits per heavy atom. The Morgan fingerprint density at radius 1 is 1.25 bits per heavy atom. The van der Waals surface area contributed by atoms with Crippen molar-refractivity contribution in [1.82, 2.24) is 4.90 Å². The molecule has 1 aromatic rings. The zero-order valence-electron chi connectivity index (χ0n) is 10.7. The van der Waals surface area contributed by atoms with Crippen LogP contribution in [0.3, 0.4) is 0 Å². The third-order valence-corrected chi connectivity index (χ3v) is 3.45. The van der Waals surface area contributed by atoms with Gasteiger partial charge in [0.2, 0.25) is 0 Å². The molecule has 1 aliphatic rings. The highest BCUT2D eigenvalue weighted by molar-refractivity contribution is 6.00. The number of fused-ring (bicyclic) bond motifs is 1. The zero-order chi connectivity index (χ0) is 12.1. The van der Waals surface area contributed by atoms with Crippen LogP contribution in [0.25, 0.3) is 0 Å². The molecule has 0 atom stereocenters. The normalized spacial score (nSPS) is 18.1. The predicted molar refractivity (Wildman–Crippen MR) is 65.5 cm³/mol. The van der Waals surface area contributed by atoms with Crippen molar-refractivity contribution in [3.63, 3.8) is 0 Å². The third kappa shape index (κ3) is 1.29. The second-order valence-electron chi connectivity index (χ2n) is 5.33. The highest BCUT2D eigenvalue weighted by atomic mass is 16.2. The smallest absolute Gasteiger partial charge is 0.255 e. The summed E-state index contributed by atoms with van der Waals surface area (Å²) in [6.45, 7) is 10.5. The van der Waals surface area contributed by atoms with Crippen LogP contribution in [0.4, 0.5) is 0 Å². The lowest BCUT2D eigenvalue weighted by Gasteiger charge is -2.36. The minimum atomic E-state index is -0.189. The molecule has 0 aliphatic carbocycles. The van der Waals surface area contributed by atoms with Crippen LogP contribution in [0.5, 0.6) is 0 Å². The van der Waals surface area contributed by atoms with E-state index in [-0.39, 0.29) is 17.5 Å². The van der Waals surface area contributed by atoms with Crippen molar-refractivity contribution in [2.45, 2.75) is 46.2 Å². The molecule has 0 saturated heterocycles. The van der Waals surface area contributed by atoms with Gasteiger partial charge in [-0.25, -0.2) is 0 Å². The number of hydrogen-bond acceptors (Lipinski definition) is 1. The molecule has 1 amide bonds. The van der Waals surface area contributed by atoms with Crippen LogP contribution in [0.1, 0.15) is 49.2 Å². The van der Waals surface area contributed by atoms with Crippen LogP contribution in [0.15, 0.2) is 18.2 Å². The number of hydrogen-bond donors (Lipinski definition) is 0. The van der Waals surface area contributed by atoms with Crippen LogP contribution in [0, 0.1) is 6.92 Å². The van der Waals surface area contributed by atoms with Gasteiger partial charge in [-0.05, 0) is 51.8 Å². The Balaban J connectivity index is 2.67. The van der Waals surface area contributed by atoms with Gasteiger partial charge < -0.3 is 4.90 Å². The Labute approximate surface area is 97.3 Å². The molecular weight excluding hydrogens is 198 g/mol. The molecule has 0 radical (unpaired) electrons. The van der Waals surface area contributed by atoms with Crippen molar-refractivity contribution < 1.29 is 4.79 Å². The lowest BCUT2D eigenvalue weighted by atomic mass is 9.89. The summed E-state index contributed by atoms with van der Waals surface area (Å²) in [5.41, 5.74) is 3.08. The highest BCUT2D eigenvalue weighted by Crippen LogP contribution is 2.41. The quantitative estimate of drug-likeness (QED) is 0.708. The number of aryl methyl sites for hydroxylation is 1. The molecule has 0 N–H and O–H groups in total. The fourth-order valence-electron chi connectivity index (χ4n) is 3.04. The molecule has 2 nitrogen and oxygen atoms in total. The van der Waals surface area contributed by atoms with Gasteiger partial charge >= 0.3 is 0 Å². The molecule has 1 aromatic carbocycles. The molecule has 86 valence electrons. The maximum Gasteiger partial charge on any atom is 0.255 e. The van der Waals surface area contributed by atoms with Crippen LogP contribution >= 0.6 is 0 Å². The summed E-state index contributed by atoms with van der Waals surface area (Å²) in [6.07, 6.45) is 0. The predicted octanol–water partition coefficient (Wildman–Crippen LogP) is 3.09. The van der Waals surface area contributed by atoms with E-state index in [9.17, 15) is 4.79 Å². The van der Waals surface area contributed by atoms with Gasteiger partial charge in [0.15, 0.2) is 0 Å². The molecule has 1 heterocycles. The molecule has 0 saturated carbocycles. The van der Waals surface area contributed by atoms with Crippen molar-refractivity contribution >= 4 is 5.91 Å². The monoisotopic (exact) mass is 217 g/mol. The molecule has 0 unspecified atom stereocenters. The maximum absolute atomic E-state index is 12.3. The van der Waals surface area contributed by atoms with Crippen molar-refractivity contribution in [2.75, 3.05) is 0 Å². The third-order valence-electron chi connectivity index (χ3n) is 3.45. The van der Waals surface area contributed by atoms with E-state index in [0.717, 1.165) is 5.56 Å². The minimum Gasteiger partial charge on any atom is -0.327 e. The van der Waals surface area contributed by atoms with Crippen LogP contribution in [-0.4, -0.2) is 16.8 Å². The van der Waals surface area contributed by atoms with Gasteiger partial charge in [-0.2, -0.15) is 0 Å². The first-order valence-electron chi connectivity index (χ1n) is 5.81. The molecule has 2 rings (SSSR count). The summed E-state index contributed by atoms with van der Waals surface area (Å²) in [7, 11) is 0. The number of amides is 1. The number of rotatable bonds is 1. The molecule has 16 heavy (non-hydrogen) atoms. The Kier molecular flexibility index (Phi) is 2.33. The number of benzene rings is 1. The summed E-state index contributed by atoms with van der Waals surface area (Å²) in [6, 6.07) is 6.22.